The van der Waals surface area contributed by atoms with Gasteiger partial charge in [0.25, 0.3) is 5.91 Å². The summed E-state index contributed by atoms with van der Waals surface area (Å²) in [6.45, 7) is 11.0. The standard InChI is InChI=1S/C30H37F3N6O2/c1-3-22(19-34-21(2)30(31,32)33)27(38-15-17-41-18-16-38)20-35-29(40)25-5-4-6-26-24(25)9-10-28(36-26)39-13-11-37(12-14-39)23-7-8-23/h3-6,9-10,19,23,27H,1,7-8,11-18,20H2,2H3,(H,35,40)/b22-19+,34-21?. The summed E-state index contributed by atoms with van der Waals surface area (Å²) in [5.74, 6) is 0.633. The SMILES string of the molecule is C=C/C(=C\N=C(C)C(F)(F)F)C(CNC(=O)c1cccc2nc(N3CCN(C4CC4)CC3)ccc12)N1CCOCC1. The molecule has 0 bridgehead atoms. The van der Waals surface area contributed by atoms with Crippen LogP contribution >= 0.6 is 0 Å². The summed E-state index contributed by atoms with van der Waals surface area (Å²) in [7, 11) is 0. The lowest BCUT2D eigenvalue weighted by atomic mass is 10.0. The number of alkyl halides is 3. The van der Waals surface area contributed by atoms with Crippen molar-refractivity contribution in [2.24, 2.45) is 4.99 Å². The number of rotatable bonds is 9. The van der Waals surface area contributed by atoms with Gasteiger partial charge in [0.1, 0.15) is 11.5 Å². The Hall–Kier alpha value is -3.28. The first-order valence-corrected chi connectivity index (χ1v) is 14.2. The Labute approximate surface area is 238 Å². The number of anilines is 1. The fourth-order valence-corrected chi connectivity index (χ4v) is 5.43. The van der Waals surface area contributed by atoms with Crippen molar-refractivity contribution in [3.63, 3.8) is 0 Å². The van der Waals surface area contributed by atoms with Gasteiger partial charge in [0.05, 0.1) is 24.8 Å². The Morgan fingerprint density at radius 2 is 1.88 bits per heavy atom. The highest BCUT2D eigenvalue weighted by Gasteiger charge is 2.33. The third kappa shape index (κ3) is 7.14. The zero-order valence-corrected chi connectivity index (χ0v) is 23.4. The quantitative estimate of drug-likeness (QED) is 0.363. The van der Waals surface area contributed by atoms with Crippen LogP contribution in [0.15, 0.2) is 59.8 Å². The molecule has 1 aliphatic carbocycles. The molecule has 1 saturated carbocycles. The van der Waals surface area contributed by atoms with E-state index in [0.717, 1.165) is 55.9 Å². The number of pyridine rings is 1. The lowest BCUT2D eigenvalue weighted by Gasteiger charge is -2.35. The predicted molar refractivity (Wildman–Crippen MR) is 155 cm³/mol. The summed E-state index contributed by atoms with van der Waals surface area (Å²) in [4.78, 5) is 28.9. The molecule has 2 aliphatic heterocycles. The highest BCUT2D eigenvalue weighted by atomic mass is 19.4. The maximum Gasteiger partial charge on any atom is 0.429 e. The molecule has 2 saturated heterocycles. The van der Waals surface area contributed by atoms with Gasteiger partial charge in [-0.1, -0.05) is 18.7 Å². The van der Waals surface area contributed by atoms with Crippen molar-refractivity contribution in [3.8, 4) is 0 Å². The van der Waals surface area contributed by atoms with Gasteiger partial charge in [-0.25, -0.2) is 4.98 Å². The minimum absolute atomic E-state index is 0.171. The molecule has 1 N–H and O–H groups in total. The number of nitrogens with one attached hydrogen (secondary N) is 1. The van der Waals surface area contributed by atoms with Crippen molar-refractivity contribution in [3.05, 3.63) is 60.3 Å². The normalized spacial score (nSPS) is 20.7. The number of fused-ring (bicyclic) bond motifs is 1. The number of morpholine rings is 1. The number of carbonyl (C=O) groups is 1. The minimum Gasteiger partial charge on any atom is -0.379 e. The lowest BCUT2D eigenvalue weighted by molar-refractivity contribution is -0.0591. The Morgan fingerprint density at radius 1 is 1.15 bits per heavy atom. The molecule has 1 aromatic heterocycles. The molecule has 1 aromatic carbocycles. The van der Waals surface area contributed by atoms with E-state index in [1.807, 2.05) is 24.3 Å². The van der Waals surface area contributed by atoms with Gasteiger partial charge < -0.3 is 15.0 Å². The molecule has 8 nitrogen and oxygen atoms in total. The highest BCUT2D eigenvalue weighted by molar-refractivity contribution is 6.06. The van der Waals surface area contributed by atoms with E-state index in [1.165, 1.54) is 25.1 Å². The van der Waals surface area contributed by atoms with Crippen LogP contribution in [0.3, 0.4) is 0 Å². The Bertz CT molecular complexity index is 1310. The van der Waals surface area contributed by atoms with Crippen LogP contribution in [0.1, 0.15) is 30.1 Å². The first-order chi connectivity index (χ1) is 19.7. The minimum atomic E-state index is -4.52. The number of aliphatic imine (C=N–C) groups is 1. The van der Waals surface area contributed by atoms with Gasteiger partial charge >= 0.3 is 6.18 Å². The van der Waals surface area contributed by atoms with Crippen LogP contribution < -0.4 is 10.2 Å². The Balaban J connectivity index is 1.31. The number of benzene rings is 1. The average molecular weight is 571 g/mol. The van der Waals surface area contributed by atoms with Gasteiger partial charge in [-0.15, -0.1) is 0 Å². The maximum absolute atomic E-state index is 13.4. The largest absolute Gasteiger partial charge is 0.429 e. The fraction of sp³-hybridized carbons (Fsp3) is 0.500. The Kier molecular flexibility index (Phi) is 9.06. The van der Waals surface area contributed by atoms with Crippen LogP contribution in [0.5, 0.6) is 0 Å². The number of ether oxygens (including phenoxy) is 1. The number of hydrogen-bond donors (Lipinski definition) is 1. The average Bonchev–Trinajstić information content (AvgIpc) is 3.84. The summed E-state index contributed by atoms with van der Waals surface area (Å²) in [5, 5.41) is 3.74. The summed E-state index contributed by atoms with van der Waals surface area (Å²) < 4.78 is 44.5. The molecule has 5 rings (SSSR count). The molecule has 220 valence electrons. The zero-order valence-electron chi connectivity index (χ0n) is 23.4. The lowest BCUT2D eigenvalue weighted by Crippen LogP contribution is -2.49. The summed E-state index contributed by atoms with van der Waals surface area (Å²) >= 11 is 0. The van der Waals surface area contributed by atoms with Crippen molar-refractivity contribution in [1.82, 2.24) is 20.1 Å². The molecular weight excluding hydrogens is 533 g/mol. The molecule has 3 heterocycles. The summed E-state index contributed by atoms with van der Waals surface area (Å²) in [6.07, 6.45) is 0.786. The third-order valence-corrected chi connectivity index (χ3v) is 8.04. The molecule has 3 fully saturated rings. The monoisotopic (exact) mass is 570 g/mol. The van der Waals surface area contributed by atoms with Crippen LogP contribution in [-0.4, -0.2) is 104 Å². The van der Waals surface area contributed by atoms with E-state index in [-0.39, 0.29) is 12.5 Å². The molecule has 11 heteroatoms. The van der Waals surface area contributed by atoms with Gasteiger partial charge in [0, 0.05) is 69.0 Å². The van der Waals surface area contributed by atoms with Crippen LogP contribution in [0.25, 0.3) is 10.9 Å². The van der Waals surface area contributed by atoms with Crippen LogP contribution in [0.4, 0.5) is 19.0 Å². The van der Waals surface area contributed by atoms with E-state index in [4.69, 9.17) is 9.72 Å². The Morgan fingerprint density at radius 3 is 2.54 bits per heavy atom. The second-order valence-electron chi connectivity index (χ2n) is 10.7. The van der Waals surface area contributed by atoms with E-state index < -0.39 is 17.9 Å². The molecule has 41 heavy (non-hydrogen) atoms. The molecule has 1 unspecified atom stereocenters. The predicted octanol–water partition coefficient (Wildman–Crippen LogP) is 4.04. The first kappa shape index (κ1) is 29.2. The van der Waals surface area contributed by atoms with Gasteiger partial charge in [0.15, 0.2) is 0 Å². The molecule has 1 atom stereocenters. The van der Waals surface area contributed by atoms with Crippen LogP contribution in [0.2, 0.25) is 0 Å². The first-order valence-electron chi connectivity index (χ1n) is 14.2. The van der Waals surface area contributed by atoms with E-state index >= 15 is 0 Å². The van der Waals surface area contributed by atoms with Gasteiger partial charge in [-0.2, -0.15) is 13.2 Å². The van der Waals surface area contributed by atoms with Gasteiger partial charge in [-0.3, -0.25) is 19.6 Å². The number of piperazine rings is 1. The molecular formula is C30H37F3N6O2. The molecule has 0 radical (unpaired) electrons. The van der Waals surface area contributed by atoms with Gasteiger partial charge in [-0.05, 0) is 49.6 Å². The van der Waals surface area contributed by atoms with Crippen molar-refractivity contribution in [2.45, 2.75) is 38.0 Å². The molecule has 3 aliphatic rings. The number of amides is 1. The van der Waals surface area contributed by atoms with Crippen LogP contribution in [0, 0.1) is 0 Å². The summed E-state index contributed by atoms with van der Waals surface area (Å²) in [5.41, 5.74) is 0.778. The van der Waals surface area contributed by atoms with E-state index in [2.05, 4.69) is 31.6 Å². The summed E-state index contributed by atoms with van der Waals surface area (Å²) in [6, 6.07) is 9.76. The van der Waals surface area contributed by atoms with Crippen molar-refractivity contribution in [1.29, 1.82) is 0 Å². The van der Waals surface area contributed by atoms with E-state index in [0.29, 0.717) is 37.4 Å². The number of carbonyl (C=O) groups excluding carboxylic acids is 1. The zero-order chi connectivity index (χ0) is 29.0. The van der Waals surface area contributed by atoms with Gasteiger partial charge in [0.2, 0.25) is 0 Å². The number of nitrogens with zero attached hydrogens (tertiary/aromatic N) is 5. The fourth-order valence-electron chi connectivity index (χ4n) is 5.43. The second kappa shape index (κ2) is 12.7. The molecule has 1 amide bonds. The number of hydrogen-bond acceptors (Lipinski definition) is 7. The topological polar surface area (TPSA) is 73.3 Å². The smallest absolute Gasteiger partial charge is 0.379 e. The van der Waals surface area contributed by atoms with E-state index in [9.17, 15) is 18.0 Å². The molecule has 0 spiro atoms. The second-order valence-corrected chi connectivity index (χ2v) is 10.7. The van der Waals surface area contributed by atoms with Crippen LogP contribution in [-0.2, 0) is 4.74 Å². The molecule has 2 aromatic rings. The number of aromatic nitrogens is 1. The van der Waals surface area contributed by atoms with Crippen molar-refractivity contribution < 1.29 is 22.7 Å². The maximum atomic E-state index is 13.4. The van der Waals surface area contributed by atoms with Crippen molar-refractivity contribution >= 4 is 28.3 Å². The third-order valence-electron chi connectivity index (χ3n) is 8.04. The number of halogens is 3. The highest BCUT2D eigenvalue weighted by Crippen LogP contribution is 2.29. The van der Waals surface area contributed by atoms with E-state index in [1.54, 1.807) is 6.07 Å². The van der Waals surface area contributed by atoms with Crippen molar-refractivity contribution in [2.75, 3.05) is 63.9 Å².